The first kappa shape index (κ1) is 15.7. The number of carbonyl (C=O) groups is 2. The van der Waals surface area contributed by atoms with Gasteiger partial charge in [-0.05, 0) is 13.8 Å². The normalized spacial score (nSPS) is 22.6. The van der Waals surface area contributed by atoms with Gasteiger partial charge in [-0.3, -0.25) is 0 Å². The van der Waals surface area contributed by atoms with Crippen LogP contribution in [0.15, 0.2) is 0 Å². The number of carboxylic acid groups (broad SMARTS) is 1. The van der Waals surface area contributed by atoms with Gasteiger partial charge in [-0.15, -0.1) is 0 Å². The fourth-order valence-corrected chi connectivity index (χ4v) is 2.15. The van der Waals surface area contributed by atoms with Crippen molar-refractivity contribution in [3.63, 3.8) is 0 Å². The summed E-state index contributed by atoms with van der Waals surface area (Å²) < 4.78 is 5.20. The van der Waals surface area contributed by atoms with Gasteiger partial charge in [0.15, 0.2) is 0 Å². The van der Waals surface area contributed by atoms with Gasteiger partial charge in [-0.1, -0.05) is 0 Å². The Labute approximate surface area is 112 Å². The summed E-state index contributed by atoms with van der Waals surface area (Å²) in [5, 5.41) is 18.6. The molecule has 0 spiro atoms. The van der Waals surface area contributed by atoms with Crippen LogP contribution >= 0.6 is 0 Å². The lowest BCUT2D eigenvalue weighted by molar-refractivity contribution is -0.141. The lowest BCUT2D eigenvalue weighted by atomic mass is 10.2. The van der Waals surface area contributed by atoms with Crippen LogP contribution in [-0.2, 0) is 9.53 Å². The molecule has 1 saturated heterocycles. The number of aliphatic carboxylic acids is 1. The predicted molar refractivity (Wildman–Crippen MR) is 67.9 cm³/mol. The first-order valence-corrected chi connectivity index (χ1v) is 6.55. The lowest BCUT2D eigenvalue weighted by Crippen LogP contribution is -2.49. The summed E-state index contributed by atoms with van der Waals surface area (Å²) in [6, 6.07) is -1.30. The van der Waals surface area contributed by atoms with Crippen molar-refractivity contribution in [2.24, 2.45) is 0 Å². The second-order valence-electron chi connectivity index (χ2n) is 4.46. The Kier molecular flexibility index (Phi) is 6.04. The van der Waals surface area contributed by atoms with E-state index in [0.29, 0.717) is 26.3 Å². The molecule has 1 aliphatic rings. The third kappa shape index (κ3) is 4.07. The number of hydrogen-bond acceptors (Lipinski definition) is 4. The molecule has 2 unspecified atom stereocenters. The number of likely N-dealkylation sites (N-methyl/N-ethyl adjacent to an activating group) is 1. The summed E-state index contributed by atoms with van der Waals surface area (Å²) >= 11 is 0. The highest BCUT2D eigenvalue weighted by Crippen LogP contribution is 2.19. The van der Waals surface area contributed by atoms with Crippen molar-refractivity contribution in [3.05, 3.63) is 0 Å². The number of likely N-dealkylation sites (tertiary alicyclic amines) is 1. The van der Waals surface area contributed by atoms with E-state index in [-0.39, 0.29) is 19.0 Å². The quantitative estimate of drug-likeness (QED) is 0.665. The SMILES string of the molecule is CCOCCN(CC)C(=O)N1CC(O)CC1C(=O)O. The maximum absolute atomic E-state index is 12.3. The van der Waals surface area contributed by atoms with E-state index in [0.717, 1.165) is 0 Å². The van der Waals surface area contributed by atoms with Gasteiger partial charge in [0.1, 0.15) is 6.04 Å². The van der Waals surface area contributed by atoms with Crippen LogP contribution in [0.2, 0.25) is 0 Å². The van der Waals surface area contributed by atoms with Gasteiger partial charge >= 0.3 is 12.0 Å². The average molecular weight is 274 g/mol. The molecule has 0 aromatic heterocycles. The zero-order chi connectivity index (χ0) is 14.4. The van der Waals surface area contributed by atoms with Gasteiger partial charge in [-0.2, -0.15) is 0 Å². The maximum Gasteiger partial charge on any atom is 0.326 e. The zero-order valence-electron chi connectivity index (χ0n) is 11.4. The van der Waals surface area contributed by atoms with Gasteiger partial charge in [0.25, 0.3) is 0 Å². The molecule has 2 N–H and O–H groups in total. The smallest absolute Gasteiger partial charge is 0.326 e. The number of aliphatic hydroxyl groups excluding tert-OH is 1. The molecular formula is C12H22N2O5. The molecule has 0 aliphatic carbocycles. The Morgan fingerprint density at radius 2 is 2.11 bits per heavy atom. The topological polar surface area (TPSA) is 90.3 Å². The Morgan fingerprint density at radius 3 is 2.63 bits per heavy atom. The lowest BCUT2D eigenvalue weighted by Gasteiger charge is -2.29. The van der Waals surface area contributed by atoms with Crippen molar-refractivity contribution in [2.45, 2.75) is 32.4 Å². The highest BCUT2D eigenvalue weighted by atomic mass is 16.5. The number of carboxylic acids is 1. The molecule has 1 rings (SSSR count). The summed E-state index contributed by atoms with van der Waals surface area (Å²) in [5.74, 6) is -1.08. The molecule has 1 heterocycles. The number of carbonyl (C=O) groups excluding carboxylic acids is 1. The monoisotopic (exact) mass is 274 g/mol. The van der Waals surface area contributed by atoms with Crippen molar-refractivity contribution in [3.8, 4) is 0 Å². The molecule has 0 bridgehead atoms. The molecule has 0 radical (unpaired) electrons. The van der Waals surface area contributed by atoms with E-state index < -0.39 is 18.1 Å². The summed E-state index contributed by atoms with van der Waals surface area (Å²) in [5.41, 5.74) is 0. The molecule has 1 fully saturated rings. The predicted octanol–water partition coefficient (Wildman–Crippen LogP) is -0.0154. The summed E-state index contributed by atoms with van der Waals surface area (Å²) in [6.07, 6.45) is -0.681. The van der Waals surface area contributed by atoms with Gasteiger partial charge in [0.2, 0.25) is 0 Å². The number of nitrogens with zero attached hydrogens (tertiary/aromatic N) is 2. The zero-order valence-corrected chi connectivity index (χ0v) is 11.4. The van der Waals surface area contributed by atoms with E-state index in [2.05, 4.69) is 0 Å². The Hall–Kier alpha value is -1.34. The molecule has 110 valence electrons. The number of hydrogen-bond donors (Lipinski definition) is 2. The van der Waals surface area contributed by atoms with Crippen molar-refractivity contribution in [1.29, 1.82) is 0 Å². The third-order valence-electron chi connectivity index (χ3n) is 3.17. The number of amides is 2. The van der Waals surface area contributed by atoms with Gasteiger partial charge in [0, 0.05) is 32.7 Å². The highest BCUT2D eigenvalue weighted by Gasteiger charge is 2.40. The van der Waals surface area contributed by atoms with E-state index in [4.69, 9.17) is 9.84 Å². The molecule has 0 saturated carbocycles. The third-order valence-corrected chi connectivity index (χ3v) is 3.17. The first-order chi connectivity index (χ1) is 9.01. The molecule has 7 nitrogen and oxygen atoms in total. The van der Waals surface area contributed by atoms with Crippen LogP contribution in [0.3, 0.4) is 0 Å². The second-order valence-corrected chi connectivity index (χ2v) is 4.46. The van der Waals surface area contributed by atoms with E-state index in [1.807, 2.05) is 13.8 Å². The van der Waals surface area contributed by atoms with Gasteiger partial charge < -0.3 is 24.7 Å². The fraction of sp³-hybridized carbons (Fsp3) is 0.833. The highest BCUT2D eigenvalue weighted by molar-refractivity contribution is 5.83. The Morgan fingerprint density at radius 1 is 1.42 bits per heavy atom. The van der Waals surface area contributed by atoms with Crippen molar-refractivity contribution in [2.75, 3.05) is 32.8 Å². The number of rotatable bonds is 6. The van der Waals surface area contributed by atoms with Crippen LogP contribution in [0.4, 0.5) is 4.79 Å². The van der Waals surface area contributed by atoms with E-state index in [9.17, 15) is 14.7 Å². The van der Waals surface area contributed by atoms with Crippen molar-refractivity contribution < 1.29 is 24.5 Å². The minimum absolute atomic E-state index is 0.0704. The summed E-state index contributed by atoms with van der Waals surface area (Å²) in [6.45, 7) is 5.66. The van der Waals surface area contributed by atoms with Gasteiger partial charge in [0.05, 0.1) is 12.7 Å². The number of urea groups is 1. The number of β-amino-alcohol motifs (C(OH)–C–C–N with tert-alkyl or cyclic N) is 1. The van der Waals surface area contributed by atoms with Crippen molar-refractivity contribution in [1.82, 2.24) is 9.80 Å². The van der Waals surface area contributed by atoms with Crippen molar-refractivity contribution >= 4 is 12.0 Å². The van der Waals surface area contributed by atoms with Crippen LogP contribution in [0.5, 0.6) is 0 Å². The largest absolute Gasteiger partial charge is 0.480 e. The fourth-order valence-electron chi connectivity index (χ4n) is 2.15. The number of ether oxygens (including phenoxy) is 1. The molecule has 19 heavy (non-hydrogen) atoms. The Balaban J connectivity index is 2.64. The molecule has 1 aliphatic heterocycles. The van der Waals surface area contributed by atoms with Crippen LogP contribution in [0.1, 0.15) is 20.3 Å². The first-order valence-electron chi connectivity index (χ1n) is 6.55. The van der Waals surface area contributed by atoms with Crippen LogP contribution in [-0.4, -0.2) is 77.0 Å². The molecular weight excluding hydrogens is 252 g/mol. The molecule has 2 amide bonds. The Bertz CT molecular complexity index is 323. The molecule has 0 aromatic carbocycles. The van der Waals surface area contributed by atoms with Crippen LogP contribution in [0, 0.1) is 0 Å². The second kappa shape index (κ2) is 7.30. The maximum atomic E-state index is 12.3. The number of aliphatic hydroxyl groups is 1. The standard InChI is InChI=1S/C12H22N2O5/c1-3-13(5-6-19-4-2)12(18)14-8-9(15)7-10(14)11(16)17/h9-10,15H,3-8H2,1-2H3,(H,16,17). The molecule has 0 aromatic rings. The van der Waals surface area contributed by atoms with Gasteiger partial charge in [-0.25, -0.2) is 9.59 Å². The minimum Gasteiger partial charge on any atom is -0.480 e. The van der Waals surface area contributed by atoms with Crippen LogP contribution in [0.25, 0.3) is 0 Å². The van der Waals surface area contributed by atoms with E-state index in [1.165, 1.54) is 9.80 Å². The summed E-state index contributed by atoms with van der Waals surface area (Å²) in [7, 11) is 0. The summed E-state index contributed by atoms with van der Waals surface area (Å²) in [4.78, 5) is 26.1. The van der Waals surface area contributed by atoms with E-state index in [1.54, 1.807) is 0 Å². The van der Waals surface area contributed by atoms with E-state index >= 15 is 0 Å². The average Bonchev–Trinajstić information content (AvgIpc) is 2.76. The molecule has 7 heteroatoms. The minimum atomic E-state index is -1.08. The molecule has 2 atom stereocenters. The van der Waals surface area contributed by atoms with Crippen LogP contribution < -0.4 is 0 Å².